The number of hydrogen-bond donors (Lipinski definition) is 2. The van der Waals surface area contributed by atoms with Crippen LogP contribution in [0.1, 0.15) is 44.0 Å². The minimum absolute atomic E-state index is 0.737. The molecule has 32 heavy (non-hydrogen) atoms. The van der Waals surface area contributed by atoms with Gasteiger partial charge in [-0.1, -0.05) is 0 Å². The summed E-state index contributed by atoms with van der Waals surface area (Å²) in [6, 6.07) is 0. The van der Waals surface area contributed by atoms with E-state index >= 15 is 0 Å². The SMILES string of the molecule is CCN(CCCC1CCN(c2ncnc3c(C)[nH]nc23)CC1)c1ncnc2c(C)[nH]nc12. The third-order valence-electron chi connectivity index (χ3n) is 6.62. The standard InChI is InChI=1S/C22H30N10/c1-4-31(21-19-17(23-12-25-21)14(2)27-29-19)9-5-6-16-7-10-32(11-8-16)22-20-18(24-13-26-22)15(3)28-30-20/h12-13,16H,4-11H2,1-3H3,(H,27,29)(H,28,30). The Kier molecular flexibility index (Phi) is 5.59. The molecule has 0 spiro atoms. The van der Waals surface area contributed by atoms with Crippen LogP contribution in [0.4, 0.5) is 11.6 Å². The normalized spacial score (nSPS) is 15.2. The van der Waals surface area contributed by atoms with Gasteiger partial charge in [-0.25, -0.2) is 19.9 Å². The molecule has 1 aliphatic heterocycles. The van der Waals surface area contributed by atoms with E-state index in [-0.39, 0.29) is 0 Å². The number of aryl methyl sites for hydroxylation is 2. The molecule has 1 aliphatic rings. The van der Waals surface area contributed by atoms with Crippen LogP contribution in [-0.2, 0) is 0 Å². The zero-order valence-corrected chi connectivity index (χ0v) is 19.0. The van der Waals surface area contributed by atoms with E-state index in [0.29, 0.717) is 0 Å². The van der Waals surface area contributed by atoms with Gasteiger partial charge in [-0.3, -0.25) is 10.2 Å². The average molecular weight is 435 g/mol. The van der Waals surface area contributed by atoms with Gasteiger partial charge >= 0.3 is 0 Å². The van der Waals surface area contributed by atoms with Crippen LogP contribution in [-0.4, -0.2) is 66.5 Å². The van der Waals surface area contributed by atoms with Crippen LogP contribution in [0.15, 0.2) is 12.7 Å². The number of rotatable bonds is 7. The van der Waals surface area contributed by atoms with E-state index in [4.69, 9.17) is 0 Å². The van der Waals surface area contributed by atoms with Crippen LogP contribution in [0.2, 0.25) is 0 Å². The maximum absolute atomic E-state index is 4.53. The second-order valence-electron chi connectivity index (χ2n) is 8.64. The van der Waals surface area contributed by atoms with Gasteiger partial charge in [0.05, 0.1) is 11.4 Å². The maximum atomic E-state index is 4.53. The van der Waals surface area contributed by atoms with E-state index in [2.05, 4.69) is 57.1 Å². The molecule has 0 aromatic carbocycles. The summed E-state index contributed by atoms with van der Waals surface area (Å²) in [7, 11) is 0. The maximum Gasteiger partial charge on any atom is 0.160 e. The van der Waals surface area contributed by atoms with Crippen molar-refractivity contribution in [2.45, 2.75) is 46.5 Å². The van der Waals surface area contributed by atoms with Gasteiger partial charge in [-0.05, 0) is 52.4 Å². The Balaban J connectivity index is 1.17. The number of aromatic nitrogens is 8. The predicted molar refractivity (Wildman–Crippen MR) is 125 cm³/mol. The van der Waals surface area contributed by atoms with Crippen LogP contribution >= 0.6 is 0 Å². The number of anilines is 2. The van der Waals surface area contributed by atoms with Gasteiger partial charge in [0.1, 0.15) is 23.7 Å². The Bertz CT molecular complexity index is 1200. The summed E-state index contributed by atoms with van der Waals surface area (Å²) >= 11 is 0. The van der Waals surface area contributed by atoms with Crippen LogP contribution in [0.25, 0.3) is 22.1 Å². The smallest absolute Gasteiger partial charge is 0.160 e. The molecule has 1 saturated heterocycles. The number of aromatic amines is 2. The molecule has 10 nitrogen and oxygen atoms in total. The zero-order chi connectivity index (χ0) is 22.1. The summed E-state index contributed by atoms with van der Waals surface area (Å²) in [5.41, 5.74) is 5.55. The fourth-order valence-corrected chi connectivity index (χ4v) is 4.76. The highest BCUT2D eigenvalue weighted by Crippen LogP contribution is 2.29. The molecular formula is C22H30N10. The van der Waals surface area contributed by atoms with Gasteiger partial charge in [0.2, 0.25) is 0 Å². The minimum atomic E-state index is 0.737. The fraction of sp³-hybridized carbons (Fsp3) is 0.545. The molecule has 5 rings (SSSR count). The lowest BCUT2D eigenvalue weighted by Gasteiger charge is -2.33. The zero-order valence-electron chi connectivity index (χ0n) is 19.0. The van der Waals surface area contributed by atoms with Crippen molar-refractivity contribution in [3.8, 4) is 0 Å². The fourth-order valence-electron chi connectivity index (χ4n) is 4.76. The van der Waals surface area contributed by atoms with Crippen molar-refractivity contribution in [3.63, 3.8) is 0 Å². The number of fused-ring (bicyclic) bond motifs is 2. The van der Waals surface area contributed by atoms with Crippen molar-refractivity contribution in [1.29, 1.82) is 0 Å². The highest BCUT2D eigenvalue weighted by atomic mass is 15.2. The average Bonchev–Trinajstić information content (AvgIpc) is 3.40. The lowest BCUT2D eigenvalue weighted by Crippen LogP contribution is -2.35. The second-order valence-corrected chi connectivity index (χ2v) is 8.64. The van der Waals surface area contributed by atoms with E-state index in [1.807, 2.05) is 13.8 Å². The van der Waals surface area contributed by atoms with Crippen LogP contribution in [0, 0.1) is 19.8 Å². The highest BCUT2D eigenvalue weighted by Gasteiger charge is 2.23. The molecule has 4 aromatic heterocycles. The van der Waals surface area contributed by atoms with Crippen LogP contribution in [0.3, 0.4) is 0 Å². The highest BCUT2D eigenvalue weighted by molar-refractivity contribution is 5.87. The molecule has 0 amide bonds. The molecule has 2 N–H and O–H groups in total. The molecule has 1 fully saturated rings. The first kappa shape index (κ1) is 20.6. The van der Waals surface area contributed by atoms with Crippen molar-refractivity contribution in [2.24, 2.45) is 5.92 Å². The summed E-state index contributed by atoms with van der Waals surface area (Å²) < 4.78 is 0. The van der Waals surface area contributed by atoms with Gasteiger partial charge in [-0.15, -0.1) is 0 Å². The van der Waals surface area contributed by atoms with E-state index in [9.17, 15) is 0 Å². The summed E-state index contributed by atoms with van der Waals surface area (Å²) in [6.07, 6.45) is 8.01. The quantitative estimate of drug-likeness (QED) is 0.456. The summed E-state index contributed by atoms with van der Waals surface area (Å²) in [6.45, 7) is 10.1. The number of nitrogens with one attached hydrogen (secondary N) is 2. The second kappa shape index (κ2) is 8.68. The lowest BCUT2D eigenvalue weighted by molar-refractivity contribution is 0.372. The number of nitrogens with zero attached hydrogens (tertiary/aromatic N) is 8. The molecule has 5 heterocycles. The van der Waals surface area contributed by atoms with Crippen molar-refractivity contribution >= 4 is 33.7 Å². The van der Waals surface area contributed by atoms with Crippen molar-refractivity contribution < 1.29 is 0 Å². The van der Waals surface area contributed by atoms with Crippen LogP contribution in [0.5, 0.6) is 0 Å². The summed E-state index contributed by atoms with van der Waals surface area (Å²) in [5, 5.41) is 14.9. The van der Waals surface area contributed by atoms with Gasteiger partial charge in [0.25, 0.3) is 0 Å². The number of hydrogen-bond acceptors (Lipinski definition) is 8. The molecular weight excluding hydrogens is 404 g/mol. The topological polar surface area (TPSA) is 115 Å². The lowest BCUT2D eigenvalue weighted by atomic mass is 9.92. The first-order chi connectivity index (χ1) is 15.7. The molecule has 0 bridgehead atoms. The van der Waals surface area contributed by atoms with E-state index in [0.717, 1.165) is 83.6 Å². The molecule has 0 radical (unpaired) electrons. The first-order valence-corrected chi connectivity index (χ1v) is 11.5. The van der Waals surface area contributed by atoms with E-state index in [1.165, 1.54) is 19.3 Å². The molecule has 10 heteroatoms. The van der Waals surface area contributed by atoms with Gasteiger partial charge in [-0.2, -0.15) is 10.2 Å². The molecule has 0 aliphatic carbocycles. The van der Waals surface area contributed by atoms with Crippen molar-refractivity contribution in [3.05, 3.63) is 24.0 Å². The van der Waals surface area contributed by atoms with Gasteiger partial charge in [0, 0.05) is 26.2 Å². The number of piperidine rings is 1. The predicted octanol–water partition coefficient (Wildman–Crippen LogP) is 3.16. The molecule has 0 atom stereocenters. The molecule has 0 saturated carbocycles. The van der Waals surface area contributed by atoms with Crippen molar-refractivity contribution in [1.82, 2.24) is 40.3 Å². The Morgan fingerprint density at radius 1 is 0.906 bits per heavy atom. The molecule has 4 aromatic rings. The molecule has 168 valence electrons. The van der Waals surface area contributed by atoms with Gasteiger partial charge < -0.3 is 9.80 Å². The van der Waals surface area contributed by atoms with E-state index < -0.39 is 0 Å². The third kappa shape index (κ3) is 3.74. The Morgan fingerprint density at radius 3 is 2.28 bits per heavy atom. The Labute approximate surface area is 186 Å². The monoisotopic (exact) mass is 434 g/mol. The summed E-state index contributed by atoms with van der Waals surface area (Å²) in [5.74, 6) is 2.62. The Hall–Kier alpha value is -3.30. The minimum Gasteiger partial charge on any atom is -0.355 e. The van der Waals surface area contributed by atoms with E-state index in [1.54, 1.807) is 12.7 Å². The Morgan fingerprint density at radius 2 is 1.56 bits per heavy atom. The van der Waals surface area contributed by atoms with Crippen molar-refractivity contribution in [2.75, 3.05) is 36.0 Å². The number of H-pyrrole nitrogens is 2. The first-order valence-electron chi connectivity index (χ1n) is 11.5. The van der Waals surface area contributed by atoms with Gasteiger partial charge in [0.15, 0.2) is 22.7 Å². The molecule has 0 unspecified atom stereocenters. The van der Waals surface area contributed by atoms with Crippen LogP contribution < -0.4 is 9.80 Å². The largest absolute Gasteiger partial charge is 0.355 e. The summed E-state index contributed by atoms with van der Waals surface area (Å²) in [4.78, 5) is 22.5. The third-order valence-corrected chi connectivity index (χ3v) is 6.62.